The fourth-order valence-electron chi connectivity index (χ4n) is 3.93. The van der Waals surface area contributed by atoms with Crippen LogP contribution in [0, 0.1) is 22.7 Å². The highest BCUT2D eigenvalue weighted by Gasteiger charge is 2.40. The van der Waals surface area contributed by atoms with Crippen molar-refractivity contribution in [2.45, 2.75) is 55.2 Å². The lowest BCUT2D eigenvalue weighted by Gasteiger charge is -2.17. The molecule has 1 aromatic carbocycles. The normalized spacial score (nSPS) is 18.9. The van der Waals surface area contributed by atoms with Gasteiger partial charge in [0.1, 0.15) is 11.1 Å². The van der Waals surface area contributed by atoms with Crippen LogP contribution in [0.15, 0.2) is 35.4 Å². The Balaban J connectivity index is 1.59. The van der Waals surface area contributed by atoms with Crippen molar-refractivity contribution in [2.24, 2.45) is 0 Å². The van der Waals surface area contributed by atoms with Gasteiger partial charge in [-0.1, -0.05) is 24.6 Å². The fourth-order valence-corrected chi connectivity index (χ4v) is 5.02. The van der Waals surface area contributed by atoms with E-state index in [1.54, 1.807) is 24.3 Å². The standard InChI is InChI=1S/C23H20N4O2S/c24-13-15-7-9-18(10-8-15)27-21(28)12-20(23(27)29)30-22-17(14-25)11-16-5-3-1-2-4-6-19(16)26-22/h7-11,20H,1-6,12H2. The molecule has 2 aliphatic rings. The molecule has 1 aliphatic heterocycles. The van der Waals surface area contributed by atoms with Gasteiger partial charge >= 0.3 is 0 Å². The van der Waals surface area contributed by atoms with Gasteiger partial charge in [0, 0.05) is 12.1 Å². The molecule has 150 valence electrons. The molecule has 0 radical (unpaired) electrons. The van der Waals surface area contributed by atoms with E-state index in [2.05, 4.69) is 6.07 Å². The highest BCUT2D eigenvalue weighted by Crippen LogP contribution is 2.35. The number of nitrogens with zero attached hydrogens (tertiary/aromatic N) is 4. The van der Waals surface area contributed by atoms with E-state index in [9.17, 15) is 14.9 Å². The first kappa shape index (κ1) is 20.1. The predicted octanol–water partition coefficient (Wildman–Crippen LogP) is 3.91. The van der Waals surface area contributed by atoms with Gasteiger partial charge in [-0.05, 0) is 61.6 Å². The number of thioether (sulfide) groups is 1. The number of fused-ring (bicyclic) bond motifs is 1. The Hall–Kier alpha value is -3.16. The molecule has 2 aromatic rings. The van der Waals surface area contributed by atoms with E-state index in [0.717, 1.165) is 36.9 Å². The smallest absolute Gasteiger partial charge is 0.247 e. The second kappa shape index (κ2) is 8.69. The van der Waals surface area contributed by atoms with Crippen molar-refractivity contribution < 1.29 is 9.59 Å². The fraction of sp³-hybridized carbons (Fsp3) is 0.348. The van der Waals surface area contributed by atoms with E-state index in [4.69, 9.17) is 10.2 Å². The van der Waals surface area contributed by atoms with Gasteiger partial charge in [0.05, 0.1) is 28.1 Å². The summed E-state index contributed by atoms with van der Waals surface area (Å²) in [6.07, 6.45) is 6.41. The maximum Gasteiger partial charge on any atom is 0.247 e. The minimum absolute atomic E-state index is 0.0626. The summed E-state index contributed by atoms with van der Waals surface area (Å²) >= 11 is 1.21. The van der Waals surface area contributed by atoms with Crippen LogP contribution in [0.5, 0.6) is 0 Å². The van der Waals surface area contributed by atoms with Crippen LogP contribution in [0.2, 0.25) is 0 Å². The Labute approximate surface area is 179 Å². The number of imide groups is 1. The molecular weight excluding hydrogens is 396 g/mol. The van der Waals surface area contributed by atoms with E-state index in [0.29, 0.717) is 21.8 Å². The zero-order valence-corrected chi connectivity index (χ0v) is 17.2. The van der Waals surface area contributed by atoms with Crippen molar-refractivity contribution in [3.8, 4) is 12.1 Å². The third-order valence-corrected chi connectivity index (χ3v) is 6.69. The van der Waals surface area contributed by atoms with Crippen molar-refractivity contribution >= 4 is 29.3 Å². The number of hydrogen-bond acceptors (Lipinski definition) is 6. The van der Waals surface area contributed by atoms with Gasteiger partial charge in [0.25, 0.3) is 0 Å². The summed E-state index contributed by atoms with van der Waals surface area (Å²) in [6, 6.07) is 12.5. The van der Waals surface area contributed by atoms with Crippen LogP contribution in [0.4, 0.5) is 5.69 Å². The number of amides is 2. The molecule has 6 nitrogen and oxygen atoms in total. The molecule has 1 fully saturated rings. The van der Waals surface area contributed by atoms with Crippen LogP contribution in [-0.2, 0) is 22.4 Å². The third-order valence-electron chi connectivity index (χ3n) is 5.50. The Morgan fingerprint density at radius 3 is 2.43 bits per heavy atom. The summed E-state index contributed by atoms with van der Waals surface area (Å²) in [5.74, 6) is -0.598. The van der Waals surface area contributed by atoms with E-state index < -0.39 is 5.25 Å². The van der Waals surface area contributed by atoms with Crippen molar-refractivity contribution in [1.29, 1.82) is 10.5 Å². The summed E-state index contributed by atoms with van der Waals surface area (Å²) in [5, 5.41) is 18.5. The molecule has 0 saturated carbocycles. The van der Waals surface area contributed by atoms with Gasteiger partial charge in [-0.3, -0.25) is 9.59 Å². The summed E-state index contributed by atoms with van der Waals surface area (Å²) in [5.41, 5.74) is 3.53. The molecular formula is C23H20N4O2S. The molecule has 1 unspecified atom stereocenters. The number of benzene rings is 1. The first-order chi connectivity index (χ1) is 14.6. The van der Waals surface area contributed by atoms with Crippen LogP contribution in [0.25, 0.3) is 0 Å². The monoisotopic (exact) mass is 416 g/mol. The number of nitriles is 2. The van der Waals surface area contributed by atoms with Gasteiger partial charge in [-0.25, -0.2) is 9.88 Å². The lowest BCUT2D eigenvalue weighted by Crippen LogP contribution is -2.31. The lowest BCUT2D eigenvalue weighted by molar-refractivity contribution is -0.121. The molecule has 0 spiro atoms. The molecule has 1 aromatic heterocycles. The second-order valence-electron chi connectivity index (χ2n) is 7.51. The first-order valence-corrected chi connectivity index (χ1v) is 10.9. The molecule has 1 aliphatic carbocycles. The van der Waals surface area contributed by atoms with Crippen molar-refractivity contribution in [3.63, 3.8) is 0 Å². The molecule has 4 rings (SSSR count). The number of carbonyl (C=O) groups excluding carboxylic acids is 2. The summed E-state index contributed by atoms with van der Waals surface area (Å²) in [7, 11) is 0. The van der Waals surface area contributed by atoms with Gasteiger partial charge in [0.2, 0.25) is 11.8 Å². The Kier molecular flexibility index (Phi) is 5.83. The minimum Gasteiger partial charge on any atom is -0.274 e. The molecule has 2 heterocycles. The van der Waals surface area contributed by atoms with Crippen LogP contribution in [-0.4, -0.2) is 22.0 Å². The number of carbonyl (C=O) groups is 2. The SMILES string of the molecule is N#Cc1ccc(N2C(=O)CC(Sc3nc4c(cc3C#N)CCCCCC4)C2=O)cc1. The maximum atomic E-state index is 13.0. The van der Waals surface area contributed by atoms with Crippen LogP contribution in [0.1, 0.15) is 54.5 Å². The first-order valence-electron chi connectivity index (χ1n) is 10.1. The maximum absolute atomic E-state index is 13.0. The molecule has 30 heavy (non-hydrogen) atoms. The van der Waals surface area contributed by atoms with Crippen molar-refractivity contribution in [2.75, 3.05) is 4.90 Å². The minimum atomic E-state index is -0.612. The molecule has 0 N–H and O–H groups in total. The lowest BCUT2D eigenvalue weighted by atomic mass is 9.96. The Bertz CT molecular complexity index is 1080. The van der Waals surface area contributed by atoms with Crippen LogP contribution < -0.4 is 4.90 Å². The number of rotatable bonds is 3. The Morgan fingerprint density at radius 2 is 1.73 bits per heavy atom. The zero-order chi connectivity index (χ0) is 21.1. The summed E-state index contributed by atoms with van der Waals surface area (Å²) in [6.45, 7) is 0. The number of pyridine rings is 1. The third kappa shape index (κ3) is 3.94. The largest absolute Gasteiger partial charge is 0.274 e. The second-order valence-corrected chi connectivity index (χ2v) is 8.70. The summed E-state index contributed by atoms with van der Waals surface area (Å²) < 4.78 is 0. The average molecular weight is 417 g/mol. The molecule has 1 atom stereocenters. The Morgan fingerprint density at radius 1 is 1.00 bits per heavy atom. The quantitative estimate of drug-likeness (QED) is 0.704. The van der Waals surface area contributed by atoms with Crippen molar-refractivity contribution in [3.05, 3.63) is 52.7 Å². The molecule has 1 saturated heterocycles. The average Bonchev–Trinajstić information content (AvgIpc) is 3.02. The van der Waals surface area contributed by atoms with Crippen molar-refractivity contribution in [1.82, 2.24) is 4.98 Å². The van der Waals surface area contributed by atoms with E-state index in [-0.39, 0.29) is 18.2 Å². The molecule has 7 heteroatoms. The van der Waals surface area contributed by atoms with Gasteiger partial charge in [0.15, 0.2) is 0 Å². The van der Waals surface area contributed by atoms with Gasteiger partial charge in [-0.2, -0.15) is 10.5 Å². The molecule has 0 bridgehead atoms. The zero-order valence-electron chi connectivity index (χ0n) is 16.4. The van der Waals surface area contributed by atoms with E-state index >= 15 is 0 Å². The van der Waals surface area contributed by atoms with Gasteiger partial charge < -0.3 is 0 Å². The number of aryl methyl sites for hydroxylation is 2. The summed E-state index contributed by atoms with van der Waals surface area (Å²) in [4.78, 5) is 31.4. The van der Waals surface area contributed by atoms with Crippen LogP contribution >= 0.6 is 11.8 Å². The highest BCUT2D eigenvalue weighted by molar-refractivity contribution is 8.00. The number of aromatic nitrogens is 1. The number of anilines is 1. The van der Waals surface area contributed by atoms with Crippen LogP contribution in [0.3, 0.4) is 0 Å². The molecule has 2 amide bonds. The number of hydrogen-bond donors (Lipinski definition) is 0. The van der Waals surface area contributed by atoms with E-state index in [1.165, 1.54) is 29.5 Å². The van der Waals surface area contributed by atoms with Gasteiger partial charge in [-0.15, -0.1) is 0 Å². The topological polar surface area (TPSA) is 97.8 Å². The highest BCUT2D eigenvalue weighted by atomic mass is 32.2. The predicted molar refractivity (Wildman–Crippen MR) is 113 cm³/mol. The van der Waals surface area contributed by atoms with E-state index in [1.807, 2.05) is 12.1 Å².